The summed E-state index contributed by atoms with van der Waals surface area (Å²) in [6, 6.07) is 8.82. The predicted molar refractivity (Wildman–Crippen MR) is 76.4 cm³/mol. The minimum atomic E-state index is 0.235. The Bertz CT molecular complexity index is 345. The largest absolute Gasteiger partial charge is 0.0922 e. The van der Waals surface area contributed by atoms with E-state index < -0.39 is 0 Å². The molecule has 0 atom stereocenters. The Balaban J connectivity index is 3.06. The van der Waals surface area contributed by atoms with Crippen molar-refractivity contribution in [2.24, 2.45) is 5.41 Å². The Kier molecular flexibility index (Phi) is 4.23. The SMILES string of the molecule is CC(C)(CBr)Cc1ccccc1C(C)(C)C. The molecule has 0 spiro atoms. The molecule has 1 aromatic rings. The molecule has 0 fully saturated rings. The van der Waals surface area contributed by atoms with Crippen LogP contribution in [0.3, 0.4) is 0 Å². The molecule has 1 rings (SSSR count). The number of hydrogen-bond donors (Lipinski definition) is 0. The summed E-state index contributed by atoms with van der Waals surface area (Å²) in [5, 5.41) is 1.04. The second-order valence-corrected chi connectivity index (χ2v) is 6.94. The summed E-state index contributed by atoms with van der Waals surface area (Å²) in [7, 11) is 0. The first-order valence-corrected chi connectivity index (χ1v) is 7.03. The lowest BCUT2D eigenvalue weighted by Crippen LogP contribution is -2.21. The van der Waals surface area contributed by atoms with Gasteiger partial charge in [-0.3, -0.25) is 0 Å². The van der Waals surface area contributed by atoms with Crippen LogP contribution in [0.25, 0.3) is 0 Å². The molecule has 1 aromatic carbocycles. The van der Waals surface area contributed by atoms with E-state index in [9.17, 15) is 0 Å². The fourth-order valence-corrected chi connectivity index (χ4v) is 2.17. The van der Waals surface area contributed by atoms with Crippen molar-refractivity contribution in [2.45, 2.75) is 46.5 Å². The quantitative estimate of drug-likeness (QED) is 0.689. The monoisotopic (exact) mass is 282 g/mol. The van der Waals surface area contributed by atoms with Crippen LogP contribution in [0.1, 0.15) is 45.7 Å². The third kappa shape index (κ3) is 3.62. The van der Waals surface area contributed by atoms with Crippen LogP contribution in [-0.4, -0.2) is 5.33 Å². The van der Waals surface area contributed by atoms with Gasteiger partial charge in [-0.25, -0.2) is 0 Å². The van der Waals surface area contributed by atoms with Crippen LogP contribution in [0, 0.1) is 5.41 Å². The molecule has 0 aliphatic rings. The average molecular weight is 283 g/mol. The predicted octanol–water partition coefficient (Wildman–Crippen LogP) is 4.95. The molecule has 0 aliphatic heterocycles. The third-order valence-corrected chi connectivity index (χ3v) is 4.37. The van der Waals surface area contributed by atoms with Gasteiger partial charge < -0.3 is 0 Å². The molecule has 0 N–H and O–H groups in total. The molecule has 0 heterocycles. The molecular formula is C15H23Br. The van der Waals surface area contributed by atoms with E-state index in [1.165, 1.54) is 11.1 Å². The third-order valence-electron chi connectivity index (χ3n) is 2.86. The highest BCUT2D eigenvalue weighted by atomic mass is 79.9. The van der Waals surface area contributed by atoms with Crippen LogP contribution in [0.2, 0.25) is 0 Å². The maximum Gasteiger partial charge on any atom is 0.00858 e. The van der Waals surface area contributed by atoms with Gasteiger partial charge in [-0.15, -0.1) is 0 Å². The lowest BCUT2D eigenvalue weighted by molar-refractivity contribution is 0.419. The Morgan fingerprint density at radius 1 is 1.00 bits per heavy atom. The van der Waals surface area contributed by atoms with Crippen molar-refractivity contribution in [3.63, 3.8) is 0 Å². The van der Waals surface area contributed by atoms with E-state index in [4.69, 9.17) is 0 Å². The van der Waals surface area contributed by atoms with Crippen molar-refractivity contribution in [3.8, 4) is 0 Å². The number of alkyl halides is 1. The molecule has 0 aliphatic carbocycles. The van der Waals surface area contributed by atoms with Crippen molar-refractivity contribution in [1.29, 1.82) is 0 Å². The molecule has 90 valence electrons. The second kappa shape index (κ2) is 4.91. The van der Waals surface area contributed by atoms with Gasteiger partial charge in [0.1, 0.15) is 0 Å². The molecule has 0 saturated carbocycles. The number of rotatable bonds is 3. The van der Waals surface area contributed by atoms with Gasteiger partial charge in [0.25, 0.3) is 0 Å². The summed E-state index contributed by atoms with van der Waals surface area (Å²) in [4.78, 5) is 0. The van der Waals surface area contributed by atoms with Gasteiger partial charge in [-0.2, -0.15) is 0 Å². The topological polar surface area (TPSA) is 0 Å². The highest BCUT2D eigenvalue weighted by Gasteiger charge is 2.22. The highest BCUT2D eigenvalue weighted by molar-refractivity contribution is 9.09. The van der Waals surface area contributed by atoms with E-state index in [1.807, 2.05) is 0 Å². The summed E-state index contributed by atoms with van der Waals surface area (Å²) in [5.74, 6) is 0. The summed E-state index contributed by atoms with van der Waals surface area (Å²) in [5.41, 5.74) is 3.52. The maximum absolute atomic E-state index is 3.60. The summed E-state index contributed by atoms with van der Waals surface area (Å²) in [6.45, 7) is 11.5. The highest BCUT2D eigenvalue weighted by Crippen LogP contribution is 2.31. The standard InChI is InChI=1S/C15H23Br/c1-14(2,3)13-9-7-6-8-12(13)10-15(4,5)11-16/h6-9H,10-11H2,1-5H3. The van der Waals surface area contributed by atoms with Crippen LogP contribution >= 0.6 is 15.9 Å². The van der Waals surface area contributed by atoms with Gasteiger partial charge in [-0.1, -0.05) is 74.8 Å². The number of hydrogen-bond acceptors (Lipinski definition) is 0. The van der Waals surface area contributed by atoms with Crippen molar-refractivity contribution >= 4 is 15.9 Å². The number of benzene rings is 1. The number of halogens is 1. The average Bonchev–Trinajstić information content (AvgIpc) is 2.16. The molecule has 0 bridgehead atoms. The lowest BCUT2D eigenvalue weighted by Gasteiger charge is -2.28. The molecular weight excluding hydrogens is 260 g/mol. The first-order chi connectivity index (χ1) is 7.26. The Labute approximate surface area is 109 Å². The Morgan fingerprint density at radius 2 is 1.56 bits per heavy atom. The van der Waals surface area contributed by atoms with Crippen LogP contribution in [0.4, 0.5) is 0 Å². The van der Waals surface area contributed by atoms with Gasteiger partial charge in [0.05, 0.1) is 0 Å². The van der Waals surface area contributed by atoms with E-state index in [1.54, 1.807) is 0 Å². The van der Waals surface area contributed by atoms with E-state index in [-0.39, 0.29) is 5.41 Å². The zero-order chi connectivity index (χ0) is 12.4. The Morgan fingerprint density at radius 3 is 2.06 bits per heavy atom. The minimum Gasteiger partial charge on any atom is -0.0922 e. The van der Waals surface area contributed by atoms with E-state index in [0.717, 1.165) is 11.8 Å². The molecule has 0 amide bonds. The van der Waals surface area contributed by atoms with E-state index in [0.29, 0.717) is 5.41 Å². The first kappa shape index (κ1) is 13.8. The maximum atomic E-state index is 3.60. The van der Waals surface area contributed by atoms with Crippen LogP contribution in [0.5, 0.6) is 0 Å². The van der Waals surface area contributed by atoms with Crippen LogP contribution < -0.4 is 0 Å². The molecule has 0 saturated heterocycles. The molecule has 16 heavy (non-hydrogen) atoms. The van der Waals surface area contributed by atoms with Crippen LogP contribution in [0.15, 0.2) is 24.3 Å². The van der Waals surface area contributed by atoms with Gasteiger partial charge >= 0.3 is 0 Å². The van der Waals surface area contributed by atoms with Crippen molar-refractivity contribution in [3.05, 3.63) is 35.4 Å². The van der Waals surface area contributed by atoms with Gasteiger partial charge in [0, 0.05) is 5.33 Å². The first-order valence-electron chi connectivity index (χ1n) is 5.91. The molecule has 0 nitrogen and oxygen atoms in total. The molecule has 0 unspecified atom stereocenters. The normalized spacial score (nSPS) is 12.9. The zero-order valence-corrected chi connectivity index (χ0v) is 12.7. The van der Waals surface area contributed by atoms with E-state index >= 15 is 0 Å². The van der Waals surface area contributed by atoms with Crippen molar-refractivity contribution < 1.29 is 0 Å². The Hall–Kier alpha value is -0.300. The second-order valence-electron chi connectivity index (χ2n) is 6.38. The molecule has 1 heteroatoms. The summed E-state index contributed by atoms with van der Waals surface area (Å²) >= 11 is 3.60. The summed E-state index contributed by atoms with van der Waals surface area (Å²) < 4.78 is 0. The van der Waals surface area contributed by atoms with Gasteiger partial charge in [0.15, 0.2) is 0 Å². The zero-order valence-electron chi connectivity index (χ0n) is 11.1. The molecule has 0 radical (unpaired) electrons. The van der Waals surface area contributed by atoms with Gasteiger partial charge in [-0.05, 0) is 28.4 Å². The minimum absolute atomic E-state index is 0.235. The smallest absolute Gasteiger partial charge is 0.00858 e. The summed E-state index contributed by atoms with van der Waals surface area (Å²) in [6.07, 6.45) is 1.13. The van der Waals surface area contributed by atoms with Crippen LogP contribution in [-0.2, 0) is 11.8 Å². The van der Waals surface area contributed by atoms with Gasteiger partial charge in [0.2, 0.25) is 0 Å². The fourth-order valence-electron chi connectivity index (χ4n) is 1.97. The molecule has 0 aromatic heterocycles. The fraction of sp³-hybridized carbons (Fsp3) is 0.600. The van der Waals surface area contributed by atoms with Crippen molar-refractivity contribution in [2.75, 3.05) is 5.33 Å². The van der Waals surface area contributed by atoms with E-state index in [2.05, 4.69) is 74.8 Å². The lowest BCUT2D eigenvalue weighted by atomic mass is 9.78. The van der Waals surface area contributed by atoms with Crippen molar-refractivity contribution in [1.82, 2.24) is 0 Å².